The molecule has 34 heteroatoms. The van der Waals surface area contributed by atoms with Gasteiger partial charge in [0.15, 0.2) is 0 Å². The molecule has 378 valence electrons. The normalized spacial score (nSPS) is 20.7. The van der Waals surface area contributed by atoms with Gasteiger partial charge in [-0.1, -0.05) is 0 Å². The summed E-state index contributed by atoms with van der Waals surface area (Å²) < 4.78 is 137. The average Bonchev–Trinajstić information content (AvgIpc) is 3.87. The number of carbonyl (C=O) groups excluding carboxylic acids is 2. The number of rotatable bonds is 36. The summed E-state index contributed by atoms with van der Waals surface area (Å²) in [6, 6.07) is -0.0299. The number of imide groups is 1. The standard InChI is InChI=1S/C30H71NO25Si8/c1-34-59(35-2,36-3)24-57(52-60(37-4,38-5)39-6,53-61(40-7,41-8)42-9)21-19-25-23-26(28-27(25)29(32)31-30(28)33)20-22-58(54-62(43-10,44-11)45-12,55-63(46-13,47-14)48-15)56-64(49-16,50-17)51-18/h25-28H,19-24H2,1-18H3,(H,31,32,33). The fourth-order valence-corrected chi connectivity index (χ4v) is 36.8. The summed E-state index contributed by atoms with van der Waals surface area (Å²) >= 11 is 0. The van der Waals surface area contributed by atoms with E-state index in [0.717, 1.165) is 0 Å². The largest absolute Gasteiger partial charge is 0.671 e. The Morgan fingerprint density at radius 1 is 0.375 bits per heavy atom. The van der Waals surface area contributed by atoms with Crippen LogP contribution in [0.4, 0.5) is 0 Å². The second kappa shape index (κ2) is 26.2. The zero-order valence-corrected chi connectivity index (χ0v) is 48.3. The van der Waals surface area contributed by atoms with Crippen molar-refractivity contribution in [2.24, 2.45) is 23.7 Å². The monoisotopic (exact) mass is 1070 g/mol. The van der Waals surface area contributed by atoms with Crippen LogP contribution in [0.5, 0.6) is 0 Å². The van der Waals surface area contributed by atoms with E-state index >= 15 is 0 Å². The fraction of sp³-hybridized carbons (Fsp3) is 0.933. The van der Waals surface area contributed by atoms with Gasteiger partial charge < -0.3 is 100 Å². The molecule has 2 rings (SSSR count). The number of hydrogen-bond donors (Lipinski definition) is 1. The zero-order valence-electron chi connectivity index (χ0n) is 40.3. The van der Waals surface area contributed by atoms with Gasteiger partial charge >= 0.3 is 71.4 Å². The van der Waals surface area contributed by atoms with E-state index in [0.29, 0.717) is 6.42 Å². The van der Waals surface area contributed by atoms with E-state index in [2.05, 4.69) is 5.32 Å². The van der Waals surface area contributed by atoms with Crippen LogP contribution < -0.4 is 5.32 Å². The van der Waals surface area contributed by atoms with E-state index in [1.807, 2.05) is 0 Å². The van der Waals surface area contributed by atoms with E-state index in [9.17, 15) is 9.59 Å². The lowest BCUT2D eigenvalue weighted by Gasteiger charge is -2.42. The third kappa shape index (κ3) is 13.6. The lowest BCUT2D eigenvalue weighted by atomic mass is 9.87. The van der Waals surface area contributed by atoms with Crippen LogP contribution in [0.2, 0.25) is 17.8 Å². The Morgan fingerprint density at radius 2 is 0.641 bits per heavy atom. The van der Waals surface area contributed by atoms with Crippen LogP contribution >= 0.6 is 0 Å². The molecule has 1 aliphatic heterocycles. The second-order valence-corrected chi connectivity index (χ2v) is 37.3. The molecule has 2 fully saturated rings. The molecular weight excluding hydrogens is 999 g/mol. The quantitative estimate of drug-likeness (QED) is 0.0642. The summed E-state index contributed by atoms with van der Waals surface area (Å²) in [7, 11) is -8.04. The van der Waals surface area contributed by atoms with Gasteiger partial charge in [-0.2, -0.15) is 0 Å². The number of amides is 2. The molecular formula is C30H71NO25Si8. The molecule has 26 nitrogen and oxygen atoms in total. The van der Waals surface area contributed by atoms with Gasteiger partial charge in [0.2, 0.25) is 11.8 Å². The van der Waals surface area contributed by atoms with Gasteiger partial charge in [0, 0.05) is 134 Å². The summed E-state index contributed by atoms with van der Waals surface area (Å²) in [6.45, 7) is 0. The molecule has 4 atom stereocenters. The molecule has 1 heterocycles. The zero-order chi connectivity index (χ0) is 48.7. The third-order valence-corrected chi connectivity index (χ3v) is 38.1. The Hall–Kier alpha value is -0.0449. The molecule has 0 aromatic rings. The molecule has 0 radical (unpaired) electrons. The minimum absolute atomic E-state index is 0.0763. The van der Waals surface area contributed by atoms with Crippen molar-refractivity contribution in [2.45, 2.75) is 37.0 Å². The molecule has 1 aliphatic carbocycles. The Balaban J connectivity index is 2.85. The third-order valence-electron chi connectivity index (χ3n) is 11.2. The SMILES string of the molecule is CO[Si](C[Si](CCC1CC(CC[Si](O[Si](OC)(OC)OC)(O[Si](OC)(OC)OC)O[Si](OC)(OC)OC)C2C(=O)NC(=O)C12)(O[Si](OC)(OC)OC)O[Si](OC)(OC)OC)(OC)OC. The maximum Gasteiger partial charge on any atom is 0.671 e. The van der Waals surface area contributed by atoms with Crippen LogP contribution in [0.25, 0.3) is 0 Å². The highest BCUT2D eigenvalue weighted by Crippen LogP contribution is 2.51. The molecule has 2 aliphatic rings. The second-order valence-electron chi connectivity index (χ2n) is 13.9. The van der Waals surface area contributed by atoms with Crippen molar-refractivity contribution in [3.63, 3.8) is 0 Å². The molecule has 0 aromatic heterocycles. The van der Waals surface area contributed by atoms with Gasteiger partial charge in [-0.25, -0.2) is 0 Å². The average molecular weight is 1070 g/mol. The number of hydrogen-bond acceptors (Lipinski definition) is 25. The smallest absolute Gasteiger partial charge is 0.377 e. The van der Waals surface area contributed by atoms with Gasteiger partial charge in [-0.15, -0.1) is 0 Å². The van der Waals surface area contributed by atoms with Crippen LogP contribution in [-0.4, -0.2) is 211 Å². The van der Waals surface area contributed by atoms with E-state index in [1.54, 1.807) is 0 Å². The summed E-state index contributed by atoms with van der Waals surface area (Å²) in [5.41, 5.74) is -0.0763. The number of carbonyl (C=O) groups is 2. The maximum absolute atomic E-state index is 13.8. The number of fused-ring (bicyclic) bond motifs is 1. The molecule has 1 saturated carbocycles. The van der Waals surface area contributed by atoms with Crippen molar-refractivity contribution in [1.82, 2.24) is 5.32 Å². The predicted octanol–water partition coefficient (Wildman–Crippen LogP) is 0.0469. The maximum atomic E-state index is 13.8. The van der Waals surface area contributed by atoms with E-state index in [4.69, 9.17) is 100 Å². The van der Waals surface area contributed by atoms with E-state index in [1.165, 1.54) is 128 Å². The van der Waals surface area contributed by atoms with Crippen LogP contribution in [0, 0.1) is 23.7 Å². The predicted molar refractivity (Wildman–Crippen MR) is 233 cm³/mol. The van der Waals surface area contributed by atoms with E-state index in [-0.39, 0.29) is 30.6 Å². The lowest BCUT2D eigenvalue weighted by Crippen LogP contribution is -2.69. The van der Waals surface area contributed by atoms with Crippen molar-refractivity contribution in [1.29, 1.82) is 0 Å². The Labute approximate surface area is 385 Å². The molecule has 2 amide bonds. The molecule has 1 saturated heterocycles. The molecule has 0 spiro atoms. The first-order chi connectivity index (χ1) is 30.3. The van der Waals surface area contributed by atoms with Crippen LogP contribution in [0.15, 0.2) is 0 Å². The van der Waals surface area contributed by atoms with Crippen molar-refractivity contribution in [3.8, 4) is 0 Å². The van der Waals surface area contributed by atoms with Crippen LogP contribution in [0.1, 0.15) is 19.3 Å². The topological polar surface area (TPSA) is 258 Å². The van der Waals surface area contributed by atoms with Gasteiger partial charge in [0.05, 0.1) is 17.5 Å². The molecule has 1 N–H and O–H groups in total. The van der Waals surface area contributed by atoms with E-state index < -0.39 is 107 Å². The van der Waals surface area contributed by atoms with Crippen molar-refractivity contribution in [3.05, 3.63) is 0 Å². The first-order valence-corrected chi connectivity index (χ1v) is 33.9. The van der Waals surface area contributed by atoms with Gasteiger partial charge in [0.1, 0.15) is 0 Å². The Morgan fingerprint density at radius 3 is 0.906 bits per heavy atom. The lowest BCUT2D eigenvalue weighted by molar-refractivity contribution is -0.127. The van der Waals surface area contributed by atoms with Crippen LogP contribution in [0.3, 0.4) is 0 Å². The highest BCUT2D eigenvalue weighted by atomic mass is 28.5. The van der Waals surface area contributed by atoms with Gasteiger partial charge in [-0.05, 0) is 37.1 Å². The molecule has 0 bridgehead atoms. The Kier molecular flexibility index (Phi) is 24.6. The molecule has 4 unspecified atom stereocenters. The molecule has 0 aromatic carbocycles. The van der Waals surface area contributed by atoms with Crippen molar-refractivity contribution in [2.75, 3.05) is 128 Å². The van der Waals surface area contributed by atoms with Crippen molar-refractivity contribution >= 4 is 83.2 Å². The Bertz CT molecular complexity index is 1150. The first-order valence-electron chi connectivity index (χ1n) is 19.6. The first kappa shape index (κ1) is 60.1. The highest BCUT2D eigenvalue weighted by Gasteiger charge is 2.68. The van der Waals surface area contributed by atoms with Gasteiger partial charge in [0.25, 0.3) is 0 Å². The van der Waals surface area contributed by atoms with Crippen molar-refractivity contribution < 1.29 is 110 Å². The highest BCUT2D eigenvalue weighted by molar-refractivity contribution is 6.90. The minimum Gasteiger partial charge on any atom is -0.377 e. The van der Waals surface area contributed by atoms with Crippen LogP contribution in [-0.2, 0) is 110 Å². The summed E-state index contributed by atoms with van der Waals surface area (Å²) in [4.78, 5) is 27.6. The summed E-state index contributed by atoms with van der Waals surface area (Å²) in [5, 5.41) is 2.54. The summed E-state index contributed by atoms with van der Waals surface area (Å²) in [6.07, 6.45) is 0.699. The molecule has 64 heavy (non-hydrogen) atoms. The summed E-state index contributed by atoms with van der Waals surface area (Å²) in [5.74, 6) is -3.45. The van der Waals surface area contributed by atoms with Gasteiger partial charge in [-0.3, -0.25) is 14.9 Å². The number of nitrogens with one attached hydrogen (secondary N) is 1. The fourth-order valence-electron chi connectivity index (χ4n) is 7.87. The minimum atomic E-state index is -4.53.